The van der Waals surface area contributed by atoms with Gasteiger partial charge in [-0.2, -0.15) is 0 Å². The SMILES string of the molecule is COc1cc(-c2nnc(NC(=O)/C=C/c3ccccc3Cl)o2)cc(OC)c1OC. The first-order chi connectivity index (χ1) is 14.0. The fourth-order valence-corrected chi connectivity index (χ4v) is 2.72. The summed E-state index contributed by atoms with van der Waals surface area (Å²) >= 11 is 6.06. The van der Waals surface area contributed by atoms with Gasteiger partial charge in [-0.1, -0.05) is 34.9 Å². The lowest BCUT2D eigenvalue weighted by Crippen LogP contribution is -2.07. The van der Waals surface area contributed by atoms with Gasteiger partial charge in [-0.15, -0.1) is 5.10 Å². The average molecular weight is 416 g/mol. The van der Waals surface area contributed by atoms with Crippen LogP contribution in [0.2, 0.25) is 5.02 Å². The topological polar surface area (TPSA) is 95.7 Å². The van der Waals surface area contributed by atoms with Crippen LogP contribution in [0.1, 0.15) is 5.56 Å². The lowest BCUT2D eigenvalue weighted by atomic mass is 10.2. The summed E-state index contributed by atoms with van der Waals surface area (Å²) in [4.78, 5) is 12.1. The number of amides is 1. The summed E-state index contributed by atoms with van der Waals surface area (Å²) in [6.07, 6.45) is 2.92. The maximum absolute atomic E-state index is 12.1. The zero-order chi connectivity index (χ0) is 20.8. The second-order valence-electron chi connectivity index (χ2n) is 5.67. The Morgan fingerprint density at radius 2 is 1.76 bits per heavy atom. The molecule has 29 heavy (non-hydrogen) atoms. The van der Waals surface area contributed by atoms with Crippen LogP contribution in [0.5, 0.6) is 17.2 Å². The Hall–Kier alpha value is -3.52. The lowest BCUT2D eigenvalue weighted by Gasteiger charge is -2.12. The Bertz CT molecular complexity index is 1020. The molecule has 1 N–H and O–H groups in total. The number of nitrogens with one attached hydrogen (secondary N) is 1. The predicted molar refractivity (Wildman–Crippen MR) is 109 cm³/mol. The fraction of sp³-hybridized carbons (Fsp3) is 0.150. The zero-order valence-electron chi connectivity index (χ0n) is 15.9. The van der Waals surface area contributed by atoms with Crippen LogP contribution >= 0.6 is 11.6 Å². The third kappa shape index (κ3) is 4.67. The normalized spacial score (nSPS) is 10.8. The Balaban J connectivity index is 1.77. The van der Waals surface area contributed by atoms with E-state index in [1.54, 1.807) is 30.3 Å². The molecule has 1 amide bonds. The zero-order valence-corrected chi connectivity index (χ0v) is 16.7. The lowest BCUT2D eigenvalue weighted by molar-refractivity contribution is -0.112. The van der Waals surface area contributed by atoms with Gasteiger partial charge in [-0.3, -0.25) is 10.1 Å². The number of hydrogen-bond donors (Lipinski definition) is 1. The van der Waals surface area contributed by atoms with E-state index >= 15 is 0 Å². The number of anilines is 1. The molecule has 3 rings (SSSR count). The van der Waals surface area contributed by atoms with E-state index in [1.165, 1.54) is 27.4 Å². The summed E-state index contributed by atoms with van der Waals surface area (Å²) in [5.74, 6) is 1.05. The van der Waals surface area contributed by atoms with E-state index in [2.05, 4.69) is 15.5 Å². The molecule has 1 heterocycles. The summed E-state index contributed by atoms with van der Waals surface area (Å²) in [6, 6.07) is 10.4. The van der Waals surface area contributed by atoms with Gasteiger partial charge in [0.2, 0.25) is 11.6 Å². The Morgan fingerprint density at radius 1 is 1.07 bits per heavy atom. The van der Waals surface area contributed by atoms with Crippen molar-refractivity contribution in [3.05, 3.63) is 53.1 Å². The molecule has 0 saturated heterocycles. The van der Waals surface area contributed by atoms with E-state index in [4.69, 9.17) is 30.2 Å². The van der Waals surface area contributed by atoms with Crippen LogP contribution in [-0.2, 0) is 4.79 Å². The Morgan fingerprint density at radius 3 is 2.38 bits per heavy atom. The summed E-state index contributed by atoms with van der Waals surface area (Å²) < 4.78 is 21.4. The molecular weight excluding hydrogens is 398 g/mol. The Kier molecular flexibility index (Phi) is 6.36. The summed E-state index contributed by atoms with van der Waals surface area (Å²) in [7, 11) is 4.52. The molecule has 3 aromatic rings. The predicted octanol–water partition coefficient (Wildman–Crippen LogP) is 4.07. The second kappa shape index (κ2) is 9.11. The Labute approximate surface area is 172 Å². The number of hydrogen-bond acceptors (Lipinski definition) is 7. The monoisotopic (exact) mass is 415 g/mol. The van der Waals surface area contributed by atoms with E-state index in [0.29, 0.717) is 33.4 Å². The number of benzene rings is 2. The third-order valence-electron chi connectivity index (χ3n) is 3.89. The van der Waals surface area contributed by atoms with Crippen LogP contribution in [0.3, 0.4) is 0 Å². The molecule has 0 saturated carbocycles. The van der Waals surface area contributed by atoms with Crippen molar-refractivity contribution in [1.82, 2.24) is 10.2 Å². The highest BCUT2D eigenvalue weighted by molar-refractivity contribution is 6.32. The number of ether oxygens (including phenoxy) is 3. The maximum Gasteiger partial charge on any atom is 0.322 e. The summed E-state index contributed by atoms with van der Waals surface area (Å²) in [5, 5.41) is 10.8. The third-order valence-corrected chi connectivity index (χ3v) is 4.23. The van der Waals surface area contributed by atoms with E-state index in [1.807, 2.05) is 12.1 Å². The maximum atomic E-state index is 12.1. The molecular formula is C20H18ClN3O5. The van der Waals surface area contributed by atoms with Gasteiger partial charge in [0.25, 0.3) is 5.91 Å². The van der Waals surface area contributed by atoms with E-state index in [0.717, 1.165) is 0 Å². The molecule has 0 fully saturated rings. The summed E-state index contributed by atoms with van der Waals surface area (Å²) in [6.45, 7) is 0. The number of rotatable bonds is 7. The molecule has 0 atom stereocenters. The number of methoxy groups -OCH3 is 3. The van der Waals surface area contributed by atoms with Gasteiger partial charge in [0.05, 0.1) is 21.3 Å². The molecule has 9 heteroatoms. The van der Waals surface area contributed by atoms with Crippen molar-refractivity contribution in [1.29, 1.82) is 0 Å². The molecule has 150 valence electrons. The molecule has 8 nitrogen and oxygen atoms in total. The van der Waals surface area contributed by atoms with E-state index < -0.39 is 5.91 Å². The van der Waals surface area contributed by atoms with Crippen LogP contribution in [0, 0.1) is 0 Å². The van der Waals surface area contributed by atoms with Crippen molar-refractivity contribution < 1.29 is 23.4 Å². The highest BCUT2D eigenvalue weighted by Crippen LogP contribution is 2.41. The fourth-order valence-electron chi connectivity index (χ4n) is 2.52. The molecule has 0 aliphatic rings. The van der Waals surface area contributed by atoms with Gasteiger partial charge >= 0.3 is 6.01 Å². The quantitative estimate of drug-likeness (QED) is 0.581. The molecule has 0 aliphatic carbocycles. The van der Waals surface area contributed by atoms with Crippen LogP contribution in [0.25, 0.3) is 17.5 Å². The van der Waals surface area contributed by atoms with E-state index in [-0.39, 0.29) is 11.9 Å². The van der Waals surface area contributed by atoms with Gasteiger partial charge in [-0.25, -0.2) is 0 Å². The van der Waals surface area contributed by atoms with Gasteiger partial charge in [0.1, 0.15) is 0 Å². The first-order valence-corrected chi connectivity index (χ1v) is 8.81. The van der Waals surface area contributed by atoms with Crippen molar-refractivity contribution >= 4 is 29.6 Å². The minimum atomic E-state index is -0.440. The largest absolute Gasteiger partial charge is 0.493 e. The molecule has 0 unspecified atom stereocenters. The highest BCUT2D eigenvalue weighted by Gasteiger charge is 2.18. The van der Waals surface area contributed by atoms with Crippen LogP contribution in [0.15, 0.2) is 46.9 Å². The van der Waals surface area contributed by atoms with Crippen molar-refractivity contribution in [2.45, 2.75) is 0 Å². The standard InChI is InChI=1S/C20H18ClN3O5/c1-26-15-10-13(11-16(27-2)18(15)28-3)19-23-24-20(29-19)22-17(25)9-8-12-6-4-5-7-14(12)21/h4-11H,1-3H3,(H,22,24,25)/b9-8+. The smallest absolute Gasteiger partial charge is 0.322 e. The second-order valence-corrected chi connectivity index (χ2v) is 6.08. The molecule has 2 aromatic carbocycles. The van der Waals surface area contributed by atoms with Gasteiger partial charge in [0, 0.05) is 16.7 Å². The number of carbonyl (C=O) groups is 1. The van der Waals surface area contributed by atoms with Gasteiger partial charge in [-0.05, 0) is 29.8 Å². The highest BCUT2D eigenvalue weighted by atomic mass is 35.5. The first kappa shape index (κ1) is 20.2. The number of aromatic nitrogens is 2. The average Bonchev–Trinajstić information content (AvgIpc) is 3.20. The molecule has 0 radical (unpaired) electrons. The number of carbonyl (C=O) groups excluding carboxylic acids is 1. The van der Waals surface area contributed by atoms with Crippen molar-refractivity contribution in [2.75, 3.05) is 26.6 Å². The minimum absolute atomic E-state index is 0.0532. The van der Waals surface area contributed by atoms with Crippen LogP contribution in [-0.4, -0.2) is 37.4 Å². The molecule has 1 aromatic heterocycles. The summed E-state index contributed by atoms with van der Waals surface area (Å²) in [5.41, 5.74) is 1.26. The minimum Gasteiger partial charge on any atom is -0.493 e. The van der Waals surface area contributed by atoms with Crippen molar-refractivity contribution in [3.63, 3.8) is 0 Å². The molecule has 0 spiro atoms. The van der Waals surface area contributed by atoms with Crippen LogP contribution in [0.4, 0.5) is 6.01 Å². The van der Waals surface area contributed by atoms with Crippen LogP contribution < -0.4 is 19.5 Å². The molecule has 0 aliphatic heterocycles. The van der Waals surface area contributed by atoms with E-state index in [9.17, 15) is 4.79 Å². The van der Waals surface area contributed by atoms with Crippen molar-refractivity contribution in [3.8, 4) is 28.7 Å². The van der Waals surface area contributed by atoms with Gasteiger partial charge < -0.3 is 18.6 Å². The number of halogens is 1. The molecule has 0 bridgehead atoms. The first-order valence-electron chi connectivity index (χ1n) is 8.43. The number of nitrogens with zero attached hydrogens (tertiary/aromatic N) is 2. The van der Waals surface area contributed by atoms with Crippen molar-refractivity contribution in [2.24, 2.45) is 0 Å². The van der Waals surface area contributed by atoms with Gasteiger partial charge in [0.15, 0.2) is 11.5 Å².